The van der Waals surface area contributed by atoms with Crippen LogP contribution in [0.25, 0.3) is 0 Å². The van der Waals surface area contributed by atoms with Crippen LogP contribution in [-0.4, -0.2) is 22.3 Å². The molecular formula is C16H21N5. The summed E-state index contributed by atoms with van der Waals surface area (Å²) < 4.78 is 1.97. The first kappa shape index (κ1) is 13.7. The minimum Gasteiger partial charge on any atom is -0.369 e. The first-order valence-electron chi connectivity index (χ1n) is 7.26. The Morgan fingerprint density at radius 2 is 2.05 bits per heavy atom. The molecule has 0 saturated carbocycles. The molecule has 0 aliphatic carbocycles. The predicted molar refractivity (Wildman–Crippen MR) is 85.5 cm³/mol. The van der Waals surface area contributed by atoms with Gasteiger partial charge in [0.1, 0.15) is 0 Å². The summed E-state index contributed by atoms with van der Waals surface area (Å²) in [6.45, 7) is 7.00. The summed E-state index contributed by atoms with van der Waals surface area (Å²) in [5, 5.41) is 4.43. The van der Waals surface area contributed by atoms with E-state index >= 15 is 0 Å². The van der Waals surface area contributed by atoms with Gasteiger partial charge in [-0.15, -0.1) is 0 Å². The summed E-state index contributed by atoms with van der Waals surface area (Å²) in [6, 6.07) is 8.72. The number of aliphatic imine (C=N–C) groups is 1. The van der Waals surface area contributed by atoms with E-state index in [1.54, 1.807) is 0 Å². The van der Waals surface area contributed by atoms with Crippen LogP contribution in [-0.2, 0) is 0 Å². The zero-order chi connectivity index (χ0) is 15.0. The number of anilines is 1. The molecule has 110 valence electrons. The summed E-state index contributed by atoms with van der Waals surface area (Å²) in [7, 11) is 0. The van der Waals surface area contributed by atoms with Crippen molar-refractivity contribution in [1.82, 2.24) is 9.78 Å². The Morgan fingerprint density at radius 1 is 1.29 bits per heavy atom. The number of aromatic nitrogens is 2. The Morgan fingerprint density at radius 3 is 2.71 bits per heavy atom. The van der Waals surface area contributed by atoms with Gasteiger partial charge in [0, 0.05) is 23.5 Å². The second-order valence-corrected chi connectivity index (χ2v) is 5.72. The zero-order valence-electron chi connectivity index (χ0n) is 12.7. The van der Waals surface area contributed by atoms with E-state index in [0.717, 1.165) is 11.3 Å². The van der Waals surface area contributed by atoms with Gasteiger partial charge in [0.25, 0.3) is 0 Å². The van der Waals surface area contributed by atoms with Gasteiger partial charge in [0.2, 0.25) is 0 Å². The van der Waals surface area contributed by atoms with Gasteiger partial charge in [-0.1, -0.05) is 18.2 Å². The maximum absolute atomic E-state index is 6.12. The molecule has 5 nitrogen and oxygen atoms in total. The third kappa shape index (κ3) is 2.39. The molecular weight excluding hydrogens is 262 g/mol. The van der Waals surface area contributed by atoms with Crippen LogP contribution < -0.4 is 10.6 Å². The van der Waals surface area contributed by atoms with Crippen LogP contribution in [0.2, 0.25) is 0 Å². The summed E-state index contributed by atoms with van der Waals surface area (Å²) >= 11 is 0. The Hall–Kier alpha value is -2.30. The molecule has 1 aromatic carbocycles. The molecule has 0 spiro atoms. The molecule has 0 bridgehead atoms. The Labute approximate surface area is 125 Å². The van der Waals surface area contributed by atoms with Crippen molar-refractivity contribution in [2.45, 2.75) is 32.9 Å². The van der Waals surface area contributed by atoms with Crippen molar-refractivity contribution in [2.24, 2.45) is 10.7 Å². The van der Waals surface area contributed by atoms with E-state index in [4.69, 9.17) is 5.73 Å². The molecule has 0 fully saturated rings. The third-order valence-corrected chi connectivity index (χ3v) is 3.90. The highest BCUT2D eigenvalue weighted by molar-refractivity contribution is 5.98. The quantitative estimate of drug-likeness (QED) is 0.942. The maximum Gasteiger partial charge on any atom is 0.196 e. The van der Waals surface area contributed by atoms with Crippen molar-refractivity contribution < 1.29 is 0 Å². The number of rotatable bonds is 3. The van der Waals surface area contributed by atoms with Crippen LogP contribution >= 0.6 is 0 Å². The van der Waals surface area contributed by atoms with E-state index in [-0.39, 0.29) is 6.04 Å². The van der Waals surface area contributed by atoms with E-state index in [2.05, 4.69) is 54.1 Å². The van der Waals surface area contributed by atoms with Gasteiger partial charge in [0.15, 0.2) is 5.96 Å². The Balaban J connectivity index is 1.97. The van der Waals surface area contributed by atoms with Crippen LogP contribution in [0.5, 0.6) is 0 Å². The fourth-order valence-corrected chi connectivity index (χ4v) is 2.68. The number of hydrogen-bond donors (Lipinski definition) is 1. The zero-order valence-corrected chi connectivity index (χ0v) is 12.7. The summed E-state index contributed by atoms with van der Waals surface area (Å²) in [5.74, 6) is 0.576. The Bertz CT molecular complexity index is 671. The van der Waals surface area contributed by atoms with Crippen molar-refractivity contribution >= 4 is 11.6 Å². The number of nitrogens with two attached hydrogens (primary N) is 1. The molecule has 1 aliphatic heterocycles. The average Bonchev–Trinajstić information content (AvgIpc) is 3.06. The van der Waals surface area contributed by atoms with Crippen LogP contribution in [0.15, 0.2) is 41.7 Å². The Kier molecular flexibility index (Phi) is 3.41. The van der Waals surface area contributed by atoms with Crippen molar-refractivity contribution in [1.29, 1.82) is 0 Å². The van der Waals surface area contributed by atoms with E-state index in [1.165, 1.54) is 5.56 Å². The highest BCUT2D eigenvalue weighted by atomic mass is 15.3. The number of aryl methyl sites for hydroxylation is 1. The van der Waals surface area contributed by atoms with Crippen molar-refractivity contribution in [3.63, 3.8) is 0 Å². The second-order valence-electron chi connectivity index (χ2n) is 5.72. The molecule has 21 heavy (non-hydrogen) atoms. The van der Waals surface area contributed by atoms with Gasteiger partial charge in [-0.2, -0.15) is 5.10 Å². The van der Waals surface area contributed by atoms with Gasteiger partial charge in [-0.05, 0) is 32.4 Å². The number of para-hydroxylation sites is 1. The molecule has 0 radical (unpaired) electrons. The van der Waals surface area contributed by atoms with Gasteiger partial charge in [0.05, 0.1) is 18.8 Å². The fourth-order valence-electron chi connectivity index (χ4n) is 2.68. The molecule has 3 rings (SSSR count). The normalized spacial score (nSPS) is 18.4. The van der Waals surface area contributed by atoms with Crippen LogP contribution in [0.3, 0.4) is 0 Å². The number of hydrogen-bond acceptors (Lipinski definition) is 4. The van der Waals surface area contributed by atoms with E-state index in [0.29, 0.717) is 18.5 Å². The van der Waals surface area contributed by atoms with E-state index in [9.17, 15) is 0 Å². The highest BCUT2D eigenvalue weighted by Crippen LogP contribution is 2.32. The molecule has 1 aliphatic rings. The minimum atomic E-state index is 0.124. The summed E-state index contributed by atoms with van der Waals surface area (Å²) in [6.07, 6.45) is 4.01. The van der Waals surface area contributed by atoms with Crippen LogP contribution in [0, 0.1) is 6.92 Å². The molecule has 2 N–H and O–H groups in total. The van der Waals surface area contributed by atoms with Crippen molar-refractivity contribution in [3.8, 4) is 0 Å². The lowest BCUT2D eigenvalue weighted by atomic mass is 10.1. The van der Waals surface area contributed by atoms with Gasteiger partial charge in [-0.25, -0.2) is 0 Å². The van der Waals surface area contributed by atoms with Crippen LogP contribution in [0.4, 0.5) is 5.69 Å². The molecule has 2 heterocycles. The first-order valence-corrected chi connectivity index (χ1v) is 7.26. The second kappa shape index (κ2) is 5.24. The largest absolute Gasteiger partial charge is 0.369 e. The number of benzene rings is 1. The van der Waals surface area contributed by atoms with E-state index in [1.807, 2.05) is 23.0 Å². The fraction of sp³-hybridized carbons (Fsp3) is 0.375. The van der Waals surface area contributed by atoms with Crippen molar-refractivity contribution in [3.05, 3.63) is 47.8 Å². The molecule has 0 amide bonds. The lowest BCUT2D eigenvalue weighted by molar-refractivity contribution is 0.531. The van der Waals surface area contributed by atoms with E-state index < -0.39 is 0 Å². The standard InChI is InChI=1S/C16H21N5/c1-11(2)20-10-13(8-19-20)15-9-18-16(17)21(15)14-7-5-4-6-12(14)3/h4-8,10-11,15H,9H2,1-3H3,(H2,17,18). The lowest BCUT2D eigenvalue weighted by Crippen LogP contribution is -2.36. The van der Waals surface area contributed by atoms with Gasteiger partial charge >= 0.3 is 0 Å². The van der Waals surface area contributed by atoms with Gasteiger partial charge < -0.3 is 10.6 Å². The topological polar surface area (TPSA) is 59.4 Å². The number of guanidine groups is 1. The highest BCUT2D eigenvalue weighted by Gasteiger charge is 2.30. The van der Waals surface area contributed by atoms with Crippen molar-refractivity contribution in [2.75, 3.05) is 11.4 Å². The lowest BCUT2D eigenvalue weighted by Gasteiger charge is -2.27. The maximum atomic E-state index is 6.12. The molecule has 1 aromatic heterocycles. The SMILES string of the molecule is Cc1ccccc1N1C(N)=NCC1c1cnn(C(C)C)c1. The van der Waals surface area contributed by atoms with Gasteiger partial charge in [-0.3, -0.25) is 9.67 Å². The summed E-state index contributed by atoms with van der Waals surface area (Å²) in [4.78, 5) is 6.54. The average molecular weight is 283 g/mol. The molecule has 1 unspecified atom stereocenters. The first-order chi connectivity index (χ1) is 10.1. The predicted octanol–water partition coefficient (Wildman–Crippen LogP) is 2.65. The molecule has 2 aromatic rings. The monoisotopic (exact) mass is 283 g/mol. The number of nitrogens with zero attached hydrogens (tertiary/aromatic N) is 4. The molecule has 1 atom stereocenters. The molecule has 5 heteroatoms. The summed E-state index contributed by atoms with van der Waals surface area (Å²) in [5.41, 5.74) is 9.58. The molecule has 0 saturated heterocycles. The minimum absolute atomic E-state index is 0.124. The van der Waals surface area contributed by atoms with Crippen LogP contribution in [0.1, 0.15) is 37.1 Å². The smallest absolute Gasteiger partial charge is 0.196 e. The third-order valence-electron chi connectivity index (χ3n) is 3.90.